The van der Waals surface area contributed by atoms with E-state index in [1.165, 1.54) is 12.1 Å². The molecule has 0 radical (unpaired) electrons. The van der Waals surface area contributed by atoms with Crippen LogP contribution in [0, 0.1) is 11.6 Å². The minimum absolute atomic E-state index is 0.172. The van der Waals surface area contributed by atoms with Crippen molar-refractivity contribution in [3.8, 4) is 0 Å². The molecule has 2 fully saturated rings. The first-order valence-electron chi connectivity index (χ1n) is 7.44. The van der Waals surface area contributed by atoms with E-state index in [4.69, 9.17) is 0 Å². The summed E-state index contributed by atoms with van der Waals surface area (Å²) >= 11 is 3.13. The summed E-state index contributed by atoms with van der Waals surface area (Å²) < 4.78 is 28.2. The van der Waals surface area contributed by atoms with E-state index in [0.29, 0.717) is 17.1 Å². The van der Waals surface area contributed by atoms with Crippen molar-refractivity contribution in [2.45, 2.75) is 19.0 Å². The Hall–Kier alpha value is -0.560. The van der Waals surface area contributed by atoms with E-state index in [0.717, 1.165) is 45.7 Å². The van der Waals surface area contributed by atoms with Gasteiger partial charge in [0.15, 0.2) is 0 Å². The predicted octanol–water partition coefficient (Wildman–Crippen LogP) is 2.21. The molecule has 0 aliphatic carbocycles. The largest absolute Gasteiger partial charge is 0.314 e. The summed E-state index contributed by atoms with van der Waals surface area (Å²) in [4.78, 5) is 4.64. The Morgan fingerprint density at radius 1 is 1.19 bits per heavy atom. The van der Waals surface area contributed by atoms with Crippen molar-refractivity contribution < 1.29 is 8.78 Å². The fourth-order valence-corrected chi connectivity index (χ4v) is 3.61. The zero-order valence-electron chi connectivity index (χ0n) is 11.9. The monoisotopic (exact) mass is 359 g/mol. The summed E-state index contributed by atoms with van der Waals surface area (Å²) in [5.74, 6) is -0.929. The quantitative estimate of drug-likeness (QED) is 0.834. The van der Waals surface area contributed by atoms with Crippen molar-refractivity contribution in [2.24, 2.45) is 0 Å². The van der Waals surface area contributed by atoms with E-state index in [9.17, 15) is 8.78 Å². The number of hydrogen-bond acceptors (Lipinski definition) is 3. The van der Waals surface area contributed by atoms with Crippen molar-refractivity contribution >= 4 is 15.9 Å². The number of piperazine rings is 1. The van der Waals surface area contributed by atoms with E-state index < -0.39 is 11.6 Å². The van der Waals surface area contributed by atoms with Gasteiger partial charge >= 0.3 is 0 Å². The minimum atomic E-state index is -0.472. The first-order chi connectivity index (χ1) is 10.1. The van der Waals surface area contributed by atoms with Gasteiger partial charge in [-0.1, -0.05) is 0 Å². The molecular formula is C15H20BrF2N3. The number of rotatable bonds is 3. The maximum Gasteiger partial charge on any atom is 0.144 e. The van der Waals surface area contributed by atoms with Crippen LogP contribution in [-0.4, -0.2) is 55.1 Å². The average Bonchev–Trinajstić information content (AvgIpc) is 2.97. The molecule has 2 heterocycles. The molecule has 6 heteroatoms. The Bertz CT molecular complexity index is 506. The second-order valence-corrected chi connectivity index (χ2v) is 6.64. The van der Waals surface area contributed by atoms with Crippen molar-refractivity contribution in [3.63, 3.8) is 0 Å². The van der Waals surface area contributed by atoms with Crippen LogP contribution in [0.25, 0.3) is 0 Å². The van der Waals surface area contributed by atoms with E-state index in [1.54, 1.807) is 0 Å². The Kier molecular flexibility index (Phi) is 4.88. The number of benzene rings is 1. The molecule has 2 aliphatic heterocycles. The number of nitrogens with zero attached hydrogens (tertiary/aromatic N) is 2. The number of likely N-dealkylation sites (tertiary alicyclic amines) is 1. The van der Waals surface area contributed by atoms with Gasteiger partial charge in [-0.25, -0.2) is 8.78 Å². The van der Waals surface area contributed by atoms with Crippen LogP contribution in [0.1, 0.15) is 12.0 Å². The van der Waals surface area contributed by atoms with Crippen molar-refractivity contribution in [1.82, 2.24) is 15.1 Å². The fourth-order valence-electron chi connectivity index (χ4n) is 3.24. The Morgan fingerprint density at radius 3 is 2.71 bits per heavy atom. The molecular weight excluding hydrogens is 340 g/mol. The van der Waals surface area contributed by atoms with Gasteiger partial charge in [-0.3, -0.25) is 9.80 Å². The van der Waals surface area contributed by atoms with Crippen LogP contribution in [0.5, 0.6) is 0 Å². The van der Waals surface area contributed by atoms with Gasteiger partial charge in [-0.05, 0) is 34.5 Å². The van der Waals surface area contributed by atoms with E-state index in [1.807, 2.05) is 0 Å². The maximum atomic E-state index is 14.0. The molecule has 1 aromatic carbocycles. The maximum absolute atomic E-state index is 14.0. The summed E-state index contributed by atoms with van der Waals surface area (Å²) in [5, 5.41) is 3.35. The van der Waals surface area contributed by atoms with Crippen LogP contribution >= 0.6 is 15.9 Å². The van der Waals surface area contributed by atoms with Gasteiger partial charge in [0.1, 0.15) is 11.6 Å². The van der Waals surface area contributed by atoms with Crippen molar-refractivity contribution in [1.29, 1.82) is 0 Å². The highest BCUT2D eigenvalue weighted by atomic mass is 79.9. The summed E-state index contributed by atoms with van der Waals surface area (Å²) in [6, 6.07) is 3.26. The lowest BCUT2D eigenvalue weighted by atomic mass is 10.2. The van der Waals surface area contributed by atoms with Gasteiger partial charge in [-0.2, -0.15) is 0 Å². The topological polar surface area (TPSA) is 18.5 Å². The predicted molar refractivity (Wildman–Crippen MR) is 82.2 cm³/mol. The molecule has 2 aliphatic rings. The zero-order valence-corrected chi connectivity index (χ0v) is 13.5. The minimum Gasteiger partial charge on any atom is -0.314 e. The summed E-state index contributed by atoms with van der Waals surface area (Å²) in [7, 11) is 0. The first kappa shape index (κ1) is 15.3. The molecule has 0 aromatic heterocycles. The van der Waals surface area contributed by atoms with Gasteiger partial charge in [0.25, 0.3) is 0 Å². The van der Waals surface area contributed by atoms with Gasteiger partial charge < -0.3 is 5.32 Å². The van der Waals surface area contributed by atoms with Crippen LogP contribution < -0.4 is 5.32 Å². The smallest absolute Gasteiger partial charge is 0.144 e. The molecule has 21 heavy (non-hydrogen) atoms. The summed E-state index contributed by atoms with van der Waals surface area (Å²) in [6.07, 6.45) is 1.08. The average molecular weight is 360 g/mol. The molecule has 0 spiro atoms. The van der Waals surface area contributed by atoms with Gasteiger partial charge in [-0.15, -0.1) is 0 Å². The lowest BCUT2D eigenvalue weighted by Crippen LogP contribution is -2.49. The molecule has 3 nitrogen and oxygen atoms in total. The van der Waals surface area contributed by atoms with Crippen LogP contribution in [0.4, 0.5) is 8.78 Å². The fraction of sp³-hybridized carbons (Fsp3) is 0.600. The summed E-state index contributed by atoms with van der Waals surface area (Å²) in [5.41, 5.74) is 0.172. The lowest BCUT2D eigenvalue weighted by Gasteiger charge is -2.32. The normalized spacial score (nSPS) is 24.6. The van der Waals surface area contributed by atoms with Gasteiger partial charge in [0.2, 0.25) is 0 Å². The Morgan fingerprint density at radius 2 is 1.95 bits per heavy atom. The Balaban J connectivity index is 1.63. The molecule has 0 bridgehead atoms. The molecule has 0 saturated carbocycles. The summed E-state index contributed by atoms with van der Waals surface area (Å²) in [6.45, 7) is 6.35. The van der Waals surface area contributed by atoms with E-state index in [2.05, 4.69) is 31.0 Å². The second-order valence-electron chi connectivity index (χ2n) is 5.79. The standard InChI is InChI=1S/C15H20BrF2N3/c16-13-1-2-14(17)12(15(13)18)10-20-6-3-11(9-20)21-7-4-19-5-8-21/h1-2,11,19H,3-10H2. The van der Waals surface area contributed by atoms with Crippen LogP contribution in [0.3, 0.4) is 0 Å². The number of halogens is 3. The van der Waals surface area contributed by atoms with Crippen molar-refractivity contribution in [2.75, 3.05) is 39.3 Å². The zero-order chi connectivity index (χ0) is 14.8. The number of hydrogen-bond donors (Lipinski definition) is 1. The van der Waals surface area contributed by atoms with Gasteiger partial charge in [0.05, 0.1) is 4.47 Å². The highest BCUT2D eigenvalue weighted by Gasteiger charge is 2.29. The molecule has 1 unspecified atom stereocenters. The van der Waals surface area contributed by atoms with E-state index >= 15 is 0 Å². The highest BCUT2D eigenvalue weighted by Crippen LogP contribution is 2.25. The first-order valence-corrected chi connectivity index (χ1v) is 8.24. The third-order valence-electron chi connectivity index (χ3n) is 4.44. The van der Waals surface area contributed by atoms with E-state index in [-0.39, 0.29) is 5.56 Å². The molecule has 1 atom stereocenters. The van der Waals surface area contributed by atoms with Crippen LogP contribution in [-0.2, 0) is 6.54 Å². The third-order valence-corrected chi connectivity index (χ3v) is 5.05. The number of nitrogens with one attached hydrogen (secondary N) is 1. The third kappa shape index (κ3) is 3.44. The van der Waals surface area contributed by atoms with Crippen LogP contribution in [0.2, 0.25) is 0 Å². The van der Waals surface area contributed by atoms with Gasteiger partial charge in [0, 0.05) is 57.4 Å². The highest BCUT2D eigenvalue weighted by molar-refractivity contribution is 9.10. The molecule has 1 N–H and O–H groups in total. The molecule has 2 saturated heterocycles. The SMILES string of the molecule is Fc1ccc(Br)c(F)c1CN1CCC(N2CCNCC2)C1. The van der Waals surface area contributed by atoms with Crippen LogP contribution in [0.15, 0.2) is 16.6 Å². The van der Waals surface area contributed by atoms with Crippen molar-refractivity contribution in [3.05, 3.63) is 33.8 Å². The second kappa shape index (κ2) is 6.69. The molecule has 116 valence electrons. The molecule has 3 rings (SSSR count). The molecule has 1 aromatic rings. The Labute approximate surface area is 132 Å². The molecule has 0 amide bonds. The lowest BCUT2D eigenvalue weighted by molar-refractivity contribution is 0.170.